The van der Waals surface area contributed by atoms with Crippen LogP contribution >= 0.6 is 11.3 Å². The van der Waals surface area contributed by atoms with Gasteiger partial charge in [0, 0.05) is 17.5 Å². The minimum atomic E-state index is -2.87. The molecular formula is C21H18F2N4O3S. The van der Waals surface area contributed by atoms with E-state index in [4.69, 9.17) is 4.74 Å². The molecule has 1 aliphatic heterocycles. The maximum atomic E-state index is 12.3. The van der Waals surface area contributed by atoms with E-state index in [0.717, 1.165) is 11.3 Å². The molecule has 2 heterocycles. The molecule has 2 aromatic carbocycles. The summed E-state index contributed by atoms with van der Waals surface area (Å²) in [6.07, 6.45) is 1.61. The summed E-state index contributed by atoms with van der Waals surface area (Å²) >= 11 is 1.44. The lowest BCUT2D eigenvalue weighted by Gasteiger charge is -2.18. The van der Waals surface area contributed by atoms with Crippen molar-refractivity contribution in [2.24, 2.45) is 10.1 Å². The summed E-state index contributed by atoms with van der Waals surface area (Å²) in [5.74, 6) is 0.482. The van der Waals surface area contributed by atoms with Gasteiger partial charge in [-0.2, -0.15) is 13.9 Å². The number of thiazole rings is 1. The summed E-state index contributed by atoms with van der Waals surface area (Å²) in [5, 5.41) is 9.28. The minimum Gasteiger partial charge on any atom is -0.482 e. The molecular weight excluding hydrogens is 426 g/mol. The standard InChI is InChI=1S/C21H18F2N4O3S/c1-2-24-21-27(25-10-13-3-6-15(7-4-13)30-20(22)23)17(12-31-21)14-5-8-18-16(9-14)26-19(28)11-29-18/h3-10,12,20H,2,11H2,1H3,(H,26,28)/b24-21?,25-10+. The van der Waals surface area contributed by atoms with Crippen LogP contribution in [0.5, 0.6) is 11.5 Å². The second-order valence-electron chi connectivity index (χ2n) is 6.43. The zero-order valence-corrected chi connectivity index (χ0v) is 17.2. The molecule has 0 unspecified atom stereocenters. The van der Waals surface area contributed by atoms with Gasteiger partial charge in [-0.05, 0) is 55.0 Å². The van der Waals surface area contributed by atoms with E-state index >= 15 is 0 Å². The molecule has 3 aromatic rings. The number of carbonyl (C=O) groups is 1. The first kappa shape index (κ1) is 20.7. The van der Waals surface area contributed by atoms with Crippen molar-refractivity contribution in [1.29, 1.82) is 0 Å². The van der Waals surface area contributed by atoms with Crippen molar-refractivity contribution in [2.45, 2.75) is 13.5 Å². The van der Waals surface area contributed by atoms with Crippen LogP contribution in [-0.4, -0.2) is 36.6 Å². The summed E-state index contributed by atoms with van der Waals surface area (Å²) < 4.78 is 36.1. The van der Waals surface area contributed by atoms with Crippen molar-refractivity contribution in [3.63, 3.8) is 0 Å². The quantitative estimate of drug-likeness (QED) is 0.585. The third kappa shape index (κ3) is 4.80. The smallest absolute Gasteiger partial charge is 0.387 e. The number of rotatable bonds is 6. The minimum absolute atomic E-state index is 0.00420. The molecule has 4 rings (SSSR count). The Balaban J connectivity index is 1.67. The largest absolute Gasteiger partial charge is 0.482 e. The van der Waals surface area contributed by atoms with E-state index in [0.29, 0.717) is 28.3 Å². The number of nitrogens with zero attached hydrogens (tertiary/aromatic N) is 3. The van der Waals surface area contributed by atoms with Gasteiger partial charge in [0.25, 0.3) is 5.91 Å². The van der Waals surface area contributed by atoms with Crippen LogP contribution in [0.4, 0.5) is 14.5 Å². The third-order valence-corrected chi connectivity index (χ3v) is 5.17. The molecule has 1 amide bonds. The average molecular weight is 444 g/mol. The van der Waals surface area contributed by atoms with Crippen LogP contribution in [-0.2, 0) is 4.79 Å². The molecule has 1 aromatic heterocycles. The second-order valence-corrected chi connectivity index (χ2v) is 7.27. The van der Waals surface area contributed by atoms with Crippen LogP contribution in [0.15, 0.2) is 57.9 Å². The number of hydrogen-bond acceptors (Lipinski definition) is 6. The maximum absolute atomic E-state index is 12.3. The van der Waals surface area contributed by atoms with Gasteiger partial charge < -0.3 is 14.8 Å². The van der Waals surface area contributed by atoms with Gasteiger partial charge in [-0.1, -0.05) is 0 Å². The van der Waals surface area contributed by atoms with Gasteiger partial charge >= 0.3 is 6.61 Å². The van der Waals surface area contributed by atoms with E-state index in [-0.39, 0.29) is 18.3 Å². The Labute approximate surface area is 180 Å². The van der Waals surface area contributed by atoms with Crippen LogP contribution < -0.4 is 19.6 Å². The summed E-state index contributed by atoms with van der Waals surface area (Å²) in [6, 6.07) is 11.7. The Morgan fingerprint density at radius 3 is 2.84 bits per heavy atom. The van der Waals surface area contributed by atoms with Gasteiger partial charge in [0.15, 0.2) is 6.61 Å². The van der Waals surface area contributed by atoms with E-state index in [1.165, 1.54) is 23.5 Å². The van der Waals surface area contributed by atoms with Gasteiger partial charge in [0.1, 0.15) is 11.5 Å². The zero-order valence-electron chi connectivity index (χ0n) is 16.4. The molecule has 0 fully saturated rings. The highest BCUT2D eigenvalue weighted by molar-refractivity contribution is 7.07. The number of amides is 1. The first-order valence-electron chi connectivity index (χ1n) is 9.41. The Morgan fingerprint density at radius 2 is 2.10 bits per heavy atom. The van der Waals surface area contributed by atoms with E-state index in [2.05, 4.69) is 20.1 Å². The number of alkyl halides is 2. The highest BCUT2D eigenvalue weighted by Crippen LogP contribution is 2.32. The molecule has 1 N–H and O–H groups in total. The number of carbonyl (C=O) groups excluding carboxylic acids is 1. The first-order chi connectivity index (χ1) is 15.0. The summed E-state index contributed by atoms with van der Waals surface area (Å²) in [6.45, 7) is -0.353. The van der Waals surface area contributed by atoms with Gasteiger partial charge in [0.05, 0.1) is 17.6 Å². The Hall–Kier alpha value is -3.53. The van der Waals surface area contributed by atoms with Crippen LogP contribution in [0, 0.1) is 0 Å². The van der Waals surface area contributed by atoms with E-state index < -0.39 is 6.61 Å². The van der Waals surface area contributed by atoms with Gasteiger partial charge in [-0.15, -0.1) is 11.3 Å². The molecule has 0 atom stereocenters. The van der Waals surface area contributed by atoms with Crippen molar-refractivity contribution >= 4 is 29.1 Å². The first-order valence-corrected chi connectivity index (χ1v) is 10.3. The van der Waals surface area contributed by atoms with E-state index in [9.17, 15) is 13.6 Å². The number of ether oxygens (including phenoxy) is 2. The molecule has 10 heteroatoms. The summed E-state index contributed by atoms with van der Waals surface area (Å²) in [4.78, 5) is 16.8. The lowest BCUT2D eigenvalue weighted by Crippen LogP contribution is -2.25. The molecule has 160 valence electrons. The van der Waals surface area contributed by atoms with Gasteiger partial charge in [0.2, 0.25) is 4.80 Å². The molecule has 0 radical (unpaired) electrons. The normalized spacial score (nSPS) is 13.9. The predicted octanol–water partition coefficient (Wildman–Crippen LogP) is 3.95. The molecule has 0 saturated carbocycles. The van der Waals surface area contributed by atoms with Crippen LogP contribution in [0.25, 0.3) is 11.3 Å². The Kier molecular flexibility index (Phi) is 6.08. The third-order valence-electron chi connectivity index (χ3n) is 4.31. The van der Waals surface area contributed by atoms with E-state index in [1.54, 1.807) is 29.1 Å². The molecule has 7 nitrogen and oxygen atoms in total. The monoisotopic (exact) mass is 444 g/mol. The van der Waals surface area contributed by atoms with Gasteiger partial charge in [-0.3, -0.25) is 9.79 Å². The maximum Gasteiger partial charge on any atom is 0.387 e. The number of fused-ring (bicyclic) bond motifs is 1. The topological polar surface area (TPSA) is 77.2 Å². The fourth-order valence-corrected chi connectivity index (χ4v) is 3.86. The number of benzene rings is 2. The highest BCUT2D eigenvalue weighted by atomic mass is 32.1. The predicted molar refractivity (Wildman–Crippen MR) is 114 cm³/mol. The molecule has 0 spiro atoms. The molecule has 0 saturated heterocycles. The molecule has 0 bridgehead atoms. The van der Waals surface area contributed by atoms with E-state index in [1.807, 2.05) is 24.4 Å². The van der Waals surface area contributed by atoms with Crippen LogP contribution in [0.1, 0.15) is 12.5 Å². The number of nitrogens with one attached hydrogen (secondary N) is 1. The Bertz CT molecular complexity index is 1190. The van der Waals surface area contributed by atoms with Crippen molar-refractivity contribution in [3.8, 4) is 22.8 Å². The highest BCUT2D eigenvalue weighted by Gasteiger charge is 2.17. The molecule has 1 aliphatic rings. The van der Waals surface area contributed by atoms with Crippen molar-refractivity contribution in [3.05, 3.63) is 58.2 Å². The van der Waals surface area contributed by atoms with Gasteiger partial charge in [-0.25, -0.2) is 4.68 Å². The van der Waals surface area contributed by atoms with Crippen molar-refractivity contribution in [1.82, 2.24) is 4.68 Å². The number of hydrogen-bond donors (Lipinski definition) is 1. The SMILES string of the molecule is CCN=c1scc(-c2ccc3c(c2)NC(=O)CO3)n1/N=C/c1ccc(OC(F)F)cc1. The number of aromatic nitrogens is 1. The molecule has 31 heavy (non-hydrogen) atoms. The van der Waals surface area contributed by atoms with Crippen LogP contribution in [0.2, 0.25) is 0 Å². The lowest BCUT2D eigenvalue weighted by molar-refractivity contribution is -0.118. The van der Waals surface area contributed by atoms with Crippen molar-refractivity contribution in [2.75, 3.05) is 18.5 Å². The van der Waals surface area contributed by atoms with Crippen molar-refractivity contribution < 1.29 is 23.0 Å². The summed E-state index contributed by atoms with van der Waals surface area (Å²) in [7, 11) is 0. The Morgan fingerprint density at radius 1 is 1.29 bits per heavy atom. The zero-order chi connectivity index (χ0) is 21.8. The number of halogens is 2. The van der Waals surface area contributed by atoms with Crippen LogP contribution in [0.3, 0.4) is 0 Å². The molecule has 0 aliphatic carbocycles. The number of anilines is 1. The fraction of sp³-hybridized carbons (Fsp3) is 0.190. The second kappa shape index (κ2) is 9.09. The lowest BCUT2D eigenvalue weighted by atomic mass is 10.1. The summed E-state index contributed by atoms with van der Waals surface area (Å²) in [5.41, 5.74) is 2.92. The average Bonchev–Trinajstić information content (AvgIpc) is 3.15. The fourth-order valence-electron chi connectivity index (χ4n) is 2.96.